The molecule has 6 heteroatoms. The third-order valence-electron chi connectivity index (χ3n) is 3.62. The molecule has 0 radical (unpaired) electrons. The van der Waals surface area contributed by atoms with E-state index in [-0.39, 0.29) is 12.3 Å². The van der Waals surface area contributed by atoms with Gasteiger partial charge in [0.05, 0.1) is 5.52 Å². The summed E-state index contributed by atoms with van der Waals surface area (Å²) in [5, 5.41) is 10.1. The highest BCUT2D eigenvalue weighted by Crippen LogP contribution is 2.16. The van der Waals surface area contributed by atoms with E-state index in [1.807, 2.05) is 43.3 Å². The number of hydrogen-bond donors (Lipinski definition) is 2. The number of anilines is 1. The highest BCUT2D eigenvalue weighted by Gasteiger charge is 2.16. The molecule has 2 N–H and O–H groups in total. The van der Waals surface area contributed by atoms with Gasteiger partial charge < -0.3 is 10.1 Å². The molecule has 0 bridgehead atoms. The lowest BCUT2D eigenvalue weighted by Crippen LogP contribution is -2.21. The lowest BCUT2D eigenvalue weighted by atomic mass is 10.1. The van der Waals surface area contributed by atoms with Crippen molar-refractivity contribution in [1.82, 2.24) is 10.2 Å². The standard InChI is InChI=1S/C18H17N3O3/c1-2-12-6-5-7-13(10-12)19-16(22)11-24-18(23)17-14-8-3-4-9-15(14)20-21-17/h3-10H,2,11H2,1H3,(H,19,22)(H,20,21). The van der Waals surface area contributed by atoms with Crippen LogP contribution in [0.3, 0.4) is 0 Å². The number of benzene rings is 2. The molecule has 0 saturated heterocycles. The summed E-state index contributed by atoms with van der Waals surface area (Å²) in [5.74, 6) is -1.03. The molecular weight excluding hydrogens is 306 g/mol. The number of rotatable bonds is 5. The molecule has 122 valence electrons. The topological polar surface area (TPSA) is 84.1 Å². The second kappa shape index (κ2) is 6.95. The number of esters is 1. The van der Waals surface area contributed by atoms with Gasteiger partial charge in [-0.1, -0.05) is 37.3 Å². The van der Waals surface area contributed by atoms with Crippen molar-refractivity contribution in [3.8, 4) is 0 Å². The molecule has 0 spiro atoms. The minimum atomic E-state index is -0.634. The molecule has 1 aromatic heterocycles. The number of aromatic amines is 1. The van der Waals surface area contributed by atoms with E-state index in [1.54, 1.807) is 12.1 Å². The van der Waals surface area contributed by atoms with Crippen molar-refractivity contribution >= 4 is 28.5 Å². The Morgan fingerprint density at radius 2 is 2.00 bits per heavy atom. The maximum Gasteiger partial charge on any atom is 0.359 e. The summed E-state index contributed by atoms with van der Waals surface area (Å²) in [7, 11) is 0. The molecular formula is C18H17N3O3. The zero-order valence-electron chi connectivity index (χ0n) is 13.2. The molecule has 3 rings (SSSR count). The van der Waals surface area contributed by atoms with E-state index in [2.05, 4.69) is 15.5 Å². The van der Waals surface area contributed by atoms with Gasteiger partial charge in [0.25, 0.3) is 5.91 Å². The first-order valence-electron chi connectivity index (χ1n) is 7.66. The van der Waals surface area contributed by atoms with E-state index < -0.39 is 11.9 Å². The Kier molecular flexibility index (Phi) is 4.56. The van der Waals surface area contributed by atoms with Gasteiger partial charge in [-0.25, -0.2) is 4.79 Å². The number of amides is 1. The van der Waals surface area contributed by atoms with Crippen molar-refractivity contribution < 1.29 is 14.3 Å². The van der Waals surface area contributed by atoms with Gasteiger partial charge in [0, 0.05) is 11.1 Å². The molecule has 0 fully saturated rings. The van der Waals surface area contributed by atoms with Gasteiger partial charge >= 0.3 is 5.97 Å². The van der Waals surface area contributed by atoms with Gasteiger partial charge in [-0.05, 0) is 30.2 Å². The van der Waals surface area contributed by atoms with Crippen molar-refractivity contribution in [2.45, 2.75) is 13.3 Å². The summed E-state index contributed by atoms with van der Waals surface area (Å²) in [6.45, 7) is 1.67. The van der Waals surface area contributed by atoms with Crippen molar-refractivity contribution in [3.63, 3.8) is 0 Å². The van der Waals surface area contributed by atoms with Crippen LogP contribution in [0.5, 0.6) is 0 Å². The first-order valence-corrected chi connectivity index (χ1v) is 7.66. The minimum Gasteiger partial charge on any atom is -0.451 e. The maximum atomic E-state index is 12.1. The molecule has 3 aromatic rings. The number of aromatic nitrogens is 2. The number of aryl methyl sites for hydroxylation is 1. The van der Waals surface area contributed by atoms with Crippen LogP contribution in [0.4, 0.5) is 5.69 Å². The Balaban J connectivity index is 1.60. The zero-order valence-corrected chi connectivity index (χ0v) is 13.2. The van der Waals surface area contributed by atoms with Crippen molar-refractivity contribution in [3.05, 3.63) is 59.8 Å². The van der Waals surface area contributed by atoms with E-state index >= 15 is 0 Å². The monoisotopic (exact) mass is 323 g/mol. The van der Waals surface area contributed by atoms with Gasteiger partial charge in [-0.15, -0.1) is 0 Å². The number of nitrogens with one attached hydrogen (secondary N) is 2. The fourth-order valence-electron chi connectivity index (χ4n) is 2.38. The molecule has 24 heavy (non-hydrogen) atoms. The van der Waals surface area contributed by atoms with E-state index in [1.165, 1.54) is 0 Å². The molecule has 6 nitrogen and oxygen atoms in total. The summed E-state index contributed by atoms with van der Waals surface area (Å²) in [6.07, 6.45) is 0.880. The van der Waals surface area contributed by atoms with Crippen LogP contribution in [-0.4, -0.2) is 28.7 Å². The SMILES string of the molecule is CCc1cccc(NC(=O)COC(=O)c2n[nH]c3ccccc23)c1. The summed E-state index contributed by atoms with van der Waals surface area (Å²) >= 11 is 0. The van der Waals surface area contributed by atoms with Gasteiger partial charge in [0.1, 0.15) is 0 Å². The highest BCUT2D eigenvalue weighted by atomic mass is 16.5. The van der Waals surface area contributed by atoms with Crippen LogP contribution >= 0.6 is 0 Å². The van der Waals surface area contributed by atoms with Crippen LogP contribution in [-0.2, 0) is 16.0 Å². The summed E-state index contributed by atoms with van der Waals surface area (Å²) in [6, 6.07) is 14.8. The highest BCUT2D eigenvalue weighted by molar-refractivity contribution is 6.03. The molecule has 0 aliphatic rings. The summed E-state index contributed by atoms with van der Waals surface area (Å²) in [4.78, 5) is 24.0. The van der Waals surface area contributed by atoms with E-state index in [4.69, 9.17) is 4.74 Å². The van der Waals surface area contributed by atoms with E-state index in [0.29, 0.717) is 11.1 Å². The second-order valence-corrected chi connectivity index (χ2v) is 5.30. The molecule has 1 heterocycles. The Hall–Kier alpha value is -3.15. The predicted molar refractivity (Wildman–Crippen MR) is 90.8 cm³/mol. The van der Waals surface area contributed by atoms with E-state index in [0.717, 1.165) is 17.5 Å². The number of ether oxygens (including phenoxy) is 1. The smallest absolute Gasteiger partial charge is 0.359 e. The molecule has 0 aliphatic heterocycles. The minimum absolute atomic E-state index is 0.173. The Morgan fingerprint density at radius 3 is 2.83 bits per heavy atom. The molecule has 2 aromatic carbocycles. The molecule has 1 amide bonds. The fraction of sp³-hybridized carbons (Fsp3) is 0.167. The lowest BCUT2D eigenvalue weighted by Gasteiger charge is -2.07. The third-order valence-corrected chi connectivity index (χ3v) is 3.62. The van der Waals surface area contributed by atoms with Crippen molar-refractivity contribution in [1.29, 1.82) is 0 Å². The first kappa shape index (κ1) is 15.7. The average Bonchev–Trinajstić information content (AvgIpc) is 3.04. The second-order valence-electron chi connectivity index (χ2n) is 5.30. The van der Waals surface area contributed by atoms with Crippen LogP contribution in [0.2, 0.25) is 0 Å². The Morgan fingerprint density at radius 1 is 1.17 bits per heavy atom. The van der Waals surface area contributed by atoms with Crippen LogP contribution < -0.4 is 5.32 Å². The quantitative estimate of drug-likeness (QED) is 0.707. The molecule has 0 saturated carbocycles. The Bertz CT molecular complexity index is 886. The maximum absolute atomic E-state index is 12.1. The molecule has 0 atom stereocenters. The predicted octanol–water partition coefficient (Wildman–Crippen LogP) is 2.92. The summed E-state index contributed by atoms with van der Waals surface area (Å²) in [5.41, 5.74) is 2.71. The van der Waals surface area contributed by atoms with Gasteiger partial charge in [-0.3, -0.25) is 9.89 Å². The summed E-state index contributed by atoms with van der Waals surface area (Å²) < 4.78 is 5.05. The van der Waals surface area contributed by atoms with Crippen molar-refractivity contribution in [2.75, 3.05) is 11.9 Å². The van der Waals surface area contributed by atoms with E-state index in [9.17, 15) is 9.59 Å². The lowest BCUT2D eigenvalue weighted by molar-refractivity contribution is -0.119. The fourth-order valence-corrected chi connectivity index (χ4v) is 2.38. The first-order chi connectivity index (χ1) is 11.7. The van der Waals surface area contributed by atoms with Gasteiger partial charge in [0.15, 0.2) is 12.3 Å². The number of hydrogen-bond acceptors (Lipinski definition) is 4. The van der Waals surface area contributed by atoms with Crippen LogP contribution in [0.25, 0.3) is 10.9 Å². The molecule has 0 aliphatic carbocycles. The zero-order chi connectivity index (χ0) is 16.9. The number of H-pyrrole nitrogens is 1. The number of nitrogens with zero attached hydrogens (tertiary/aromatic N) is 1. The number of carbonyl (C=O) groups excluding carboxylic acids is 2. The number of fused-ring (bicyclic) bond motifs is 1. The molecule has 0 unspecified atom stereocenters. The average molecular weight is 323 g/mol. The van der Waals surface area contributed by atoms with Crippen LogP contribution in [0, 0.1) is 0 Å². The van der Waals surface area contributed by atoms with Crippen LogP contribution in [0.15, 0.2) is 48.5 Å². The largest absolute Gasteiger partial charge is 0.451 e. The van der Waals surface area contributed by atoms with Crippen LogP contribution in [0.1, 0.15) is 23.0 Å². The third kappa shape index (κ3) is 3.43. The Labute approximate surface area is 138 Å². The number of carbonyl (C=O) groups is 2. The number of para-hydroxylation sites is 1. The van der Waals surface area contributed by atoms with Gasteiger partial charge in [-0.2, -0.15) is 5.10 Å². The van der Waals surface area contributed by atoms with Gasteiger partial charge in [0.2, 0.25) is 0 Å². The normalized spacial score (nSPS) is 10.5. The van der Waals surface area contributed by atoms with Crippen molar-refractivity contribution in [2.24, 2.45) is 0 Å².